The van der Waals surface area contributed by atoms with Crippen molar-refractivity contribution in [3.05, 3.63) is 45.3 Å². The second kappa shape index (κ2) is 6.75. The molecule has 1 saturated heterocycles. The van der Waals surface area contributed by atoms with E-state index < -0.39 is 16.1 Å². The minimum Gasteiger partial charge on any atom is -0.451 e. The van der Waals surface area contributed by atoms with E-state index >= 15 is 0 Å². The molecule has 3 rings (SSSR count). The Hall–Kier alpha value is -1.94. The summed E-state index contributed by atoms with van der Waals surface area (Å²) in [6, 6.07) is 5.44. The fourth-order valence-corrected chi connectivity index (χ4v) is 3.69. The topological polar surface area (TPSA) is 123 Å². The number of amides is 1. The van der Waals surface area contributed by atoms with E-state index in [1.807, 2.05) is 0 Å². The van der Waals surface area contributed by atoms with Crippen LogP contribution in [0.1, 0.15) is 23.4 Å². The number of nitrogens with one attached hydrogen (secondary N) is 1. The molecule has 0 unspecified atom stereocenters. The van der Waals surface area contributed by atoms with E-state index in [1.54, 1.807) is 6.07 Å². The summed E-state index contributed by atoms with van der Waals surface area (Å²) in [4.78, 5) is 26.2. The first-order chi connectivity index (χ1) is 11.7. The third-order valence-electron chi connectivity index (χ3n) is 4.01. The number of likely N-dealkylation sites (tertiary alicyclic amines) is 1. The van der Waals surface area contributed by atoms with Crippen molar-refractivity contribution in [2.45, 2.75) is 18.9 Å². The highest BCUT2D eigenvalue weighted by molar-refractivity contribution is 7.87. The Morgan fingerprint density at radius 3 is 2.60 bits per heavy atom. The third-order valence-corrected chi connectivity index (χ3v) is 4.91. The second-order valence-electron chi connectivity index (χ2n) is 5.84. The van der Waals surface area contributed by atoms with Crippen LogP contribution in [0.25, 0.3) is 11.0 Å². The number of carbonyl (C=O) groups is 1. The van der Waals surface area contributed by atoms with Crippen LogP contribution in [0.5, 0.6) is 0 Å². The number of nitrogens with two attached hydrogens (primary N) is 1. The van der Waals surface area contributed by atoms with Crippen LogP contribution in [0.3, 0.4) is 0 Å². The van der Waals surface area contributed by atoms with Crippen LogP contribution >= 0.6 is 11.6 Å². The number of halogens is 1. The van der Waals surface area contributed by atoms with E-state index in [-0.39, 0.29) is 22.8 Å². The largest absolute Gasteiger partial charge is 0.451 e. The van der Waals surface area contributed by atoms with E-state index in [0.29, 0.717) is 36.3 Å². The summed E-state index contributed by atoms with van der Waals surface area (Å²) in [6.07, 6.45) is 0.852. The molecule has 134 valence electrons. The molecule has 1 fully saturated rings. The lowest BCUT2D eigenvalue weighted by atomic mass is 10.1. The maximum atomic E-state index is 12.6. The molecule has 0 saturated carbocycles. The molecule has 1 aliphatic heterocycles. The Kier molecular flexibility index (Phi) is 4.83. The fourth-order valence-electron chi connectivity index (χ4n) is 2.82. The van der Waals surface area contributed by atoms with E-state index in [0.717, 1.165) is 6.07 Å². The van der Waals surface area contributed by atoms with Crippen molar-refractivity contribution < 1.29 is 17.6 Å². The van der Waals surface area contributed by atoms with Crippen molar-refractivity contribution >= 4 is 38.7 Å². The third kappa shape index (κ3) is 4.18. The minimum atomic E-state index is -3.77. The van der Waals surface area contributed by atoms with Gasteiger partial charge in [0.25, 0.3) is 16.1 Å². The highest BCUT2D eigenvalue weighted by atomic mass is 35.5. The van der Waals surface area contributed by atoms with Crippen LogP contribution in [0.2, 0.25) is 5.02 Å². The first-order valence-electron chi connectivity index (χ1n) is 7.56. The summed E-state index contributed by atoms with van der Waals surface area (Å²) < 4.78 is 30.0. The van der Waals surface area contributed by atoms with Crippen LogP contribution in [0.15, 0.2) is 33.5 Å². The zero-order valence-corrected chi connectivity index (χ0v) is 14.6. The number of fused-ring (bicyclic) bond motifs is 1. The number of hydrogen-bond acceptors (Lipinski definition) is 5. The van der Waals surface area contributed by atoms with Gasteiger partial charge in [0.15, 0.2) is 11.2 Å². The quantitative estimate of drug-likeness (QED) is 0.810. The highest BCUT2D eigenvalue weighted by Crippen LogP contribution is 2.19. The molecule has 0 atom stereocenters. The second-order valence-corrected chi connectivity index (χ2v) is 7.61. The number of rotatable bonds is 3. The molecule has 0 radical (unpaired) electrons. The summed E-state index contributed by atoms with van der Waals surface area (Å²) >= 11 is 5.86. The Balaban J connectivity index is 1.77. The summed E-state index contributed by atoms with van der Waals surface area (Å²) in [5.74, 6) is -0.472. The lowest BCUT2D eigenvalue weighted by Crippen LogP contribution is -2.48. The van der Waals surface area contributed by atoms with Crippen LogP contribution < -0.4 is 15.3 Å². The summed E-state index contributed by atoms with van der Waals surface area (Å²) in [6.45, 7) is 0.656. The van der Waals surface area contributed by atoms with Gasteiger partial charge in [0.05, 0.1) is 5.39 Å². The van der Waals surface area contributed by atoms with Gasteiger partial charge in [0, 0.05) is 30.2 Å². The monoisotopic (exact) mass is 385 g/mol. The van der Waals surface area contributed by atoms with Crippen molar-refractivity contribution in [2.24, 2.45) is 5.14 Å². The lowest BCUT2D eigenvalue weighted by molar-refractivity contribution is 0.0679. The SMILES string of the molecule is NS(=O)(=O)NC1CCN(C(=O)c2cc(=O)c3cc(Cl)ccc3o2)CC1. The highest BCUT2D eigenvalue weighted by Gasteiger charge is 2.27. The molecule has 1 aromatic heterocycles. The van der Waals surface area contributed by atoms with Crippen LogP contribution in [-0.2, 0) is 10.2 Å². The predicted octanol–water partition coefficient (Wildman–Crippen LogP) is 0.844. The number of piperidine rings is 1. The molecule has 0 bridgehead atoms. The summed E-state index contributed by atoms with van der Waals surface area (Å²) in [7, 11) is -3.77. The minimum absolute atomic E-state index is 0.0577. The number of nitrogens with zero attached hydrogens (tertiary/aromatic N) is 1. The first-order valence-corrected chi connectivity index (χ1v) is 9.48. The molecule has 3 N–H and O–H groups in total. The number of benzene rings is 1. The average Bonchev–Trinajstić information content (AvgIpc) is 2.54. The van der Waals surface area contributed by atoms with Gasteiger partial charge >= 0.3 is 0 Å². The van der Waals surface area contributed by atoms with E-state index in [4.69, 9.17) is 21.2 Å². The van der Waals surface area contributed by atoms with Crippen molar-refractivity contribution in [1.29, 1.82) is 0 Å². The van der Waals surface area contributed by atoms with Gasteiger partial charge in [-0.15, -0.1) is 0 Å². The Morgan fingerprint density at radius 1 is 1.28 bits per heavy atom. The van der Waals surface area contributed by atoms with E-state index in [9.17, 15) is 18.0 Å². The Bertz CT molecular complexity index is 980. The number of hydrogen-bond donors (Lipinski definition) is 2. The van der Waals surface area contributed by atoms with Crippen molar-refractivity contribution in [2.75, 3.05) is 13.1 Å². The molecule has 8 nitrogen and oxygen atoms in total. The smallest absolute Gasteiger partial charge is 0.289 e. The maximum Gasteiger partial charge on any atom is 0.289 e. The van der Waals surface area contributed by atoms with Crippen molar-refractivity contribution in [3.63, 3.8) is 0 Å². The van der Waals surface area contributed by atoms with Gasteiger partial charge in [-0.3, -0.25) is 9.59 Å². The van der Waals surface area contributed by atoms with Crippen molar-refractivity contribution in [1.82, 2.24) is 9.62 Å². The van der Waals surface area contributed by atoms with Gasteiger partial charge in [-0.1, -0.05) is 11.6 Å². The van der Waals surface area contributed by atoms with Gasteiger partial charge in [-0.05, 0) is 31.0 Å². The predicted molar refractivity (Wildman–Crippen MR) is 92.7 cm³/mol. The number of carbonyl (C=O) groups excluding carboxylic acids is 1. The zero-order valence-electron chi connectivity index (χ0n) is 13.1. The molecule has 1 aliphatic rings. The fraction of sp³-hybridized carbons (Fsp3) is 0.333. The molecular formula is C15H16ClN3O5S. The summed E-state index contributed by atoms with van der Waals surface area (Å²) in [5, 5.41) is 5.66. The normalized spacial score (nSPS) is 16.3. The maximum absolute atomic E-state index is 12.6. The molecule has 10 heteroatoms. The van der Waals surface area contributed by atoms with Crippen LogP contribution in [0.4, 0.5) is 0 Å². The van der Waals surface area contributed by atoms with Gasteiger partial charge < -0.3 is 9.32 Å². The standard InChI is InChI=1S/C15H16ClN3O5S/c16-9-1-2-13-11(7-9)12(20)8-14(24-13)15(21)19-5-3-10(4-6-19)18-25(17,22)23/h1-2,7-8,10,18H,3-6H2,(H2,17,22,23). The van der Waals surface area contributed by atoms with Crippen LogP contribution in [-0.4, -0.2) is 38.4 Å². The van der Waals surface area contributed by atoms with E-state index in [1.165, 1.54) is 17.0 Å². The van der Waals surface area contributed by atoms with Gasteiger partial charge in [-0.2, -0.15) is 13.1 Å². The van der Waals surface area contributed by atoms with Crippen LogP contribution in [0, 0.1) is 0 Å². The molecular weight excluding hydrogens is 370 g/mol. The first kappa shape index (κ1) is 17.9. The molecule has 2 aromatic rings. The molecule has 0 aliphatic carbocycles. The van der Waals surface area contributed by atoms with Gasteiger partial charge in [-0.25, -0.2) is 5.14 Å². The molecule has 2 heterocycles. The van der Waals surface area contributed by atoms with Gasteiger partial charge in [0.1, 0.15) is 5.58 Å². The van der Waals surface area contributed by atoms with E-state index in [2.05, 4.69) is 4.72 Å². The zero-order chi connectivity index (χ0) is 18.2. The lowest BCUT2D eigenvalue weighted by Gasteiger charge is -2.31. The van der Waals surface area contributed by atoms with Gasteiger partial charge in [0.2, 0.25) is 0 Å². The molecule has 1 aromatic carbocycles. The Labute approximate surface area is 148 Å². The molecule has 25 heavy (non-hydrogen) atoms. The van der Waals surface area contributed by atoms with Crippen molar-refractivity contribution in [3.8, 4) is 0 Å². The Morgan fingerprint density at radius 2 is 1.96 bits per heavy atom. The average molecular weight is 386 g/mol. The molecule has 0 spiro atoms. The summed E-state index contributed by atoms with van der Waals surface area (Å²) in [5.41, 5.74) is -0.0658. The molecule has 1 amide bonds.